The molecule has 1 heterocycles. The van der Waals surface area contributed by atoms with Gasteiger partial charge < -0.3 is 14.8 Å². The molecule has 0 aliphatic carbocycles. The third kappa shape index (κ3) is 5.20. The Morgan fingerprint density at radius 2 is 2.00 bits per heavy atom. The van der Waals surface area contributed by atoms with Crippen molar-refractivity contribution in [1.29, 1.82) is 0 Å². The number of carbonyl (C=O) groups excluding carboxylic acids is 1. The summed E-state index contributed by atoms with van der Waals surface area (Å²) in [5.74, 6) is 0.0468. The molecule has 0 saturated carbocycles. The normalized spacial score (nSPS) is 14.4. The molecular formula is C18H19ClN2O5S. The summed E-state index contributed by atoms with van der Waals surface area (Å²) in [4.78, 5) is 12.1. The van der Waals surface area contributed by atoms with Gasteiger partial charge in [0.05, 0.1) is 26.2 Å². The number of primary sulfonamides is 1. The van der Waals surface area contributed by atoms with Crippen LogP contribution in [-0.4, -0.2) is 34.1 Å². The molecule has 0 radical (unpaired) electrons. The molecule has 1 saturated heterocycles. The van der Waals surface area contributed by atoms with Gasteiger partial charge in [0.2, 0.25) is 15.9 Å². The quantitative estimate of drug-likeness (QED) is 0.727. The van der Waals surface area contributed by atoms with Gasteiger partial charge in [-0.1, -0.05) is 29.8 Å². The lowest BCUT2D eigenvalue weighted by Gasteiger charge is -2.26. The van der Waals surface area contributed by atoms with Gasteiger partial charge >= 0.3 is 0 Å². The number of anilines is 1. The van der Waals surface area contributed by atoms with Gasteiger partial charge in [-0.2, -0.15) is 0 Å². The Labute approximate surface area is 162 Å². The molecule has 0 aromatic heterocycles. The molecule has 7 nitrogen and oxygen atoms in total. The van der Waals surface area contributed by atoms with Crippen molar-refractivity contribution in [3.05, 3.63) is 53.1 Å². The van der Waals surface area contributed by atoms with Gasteiger partial charge in [-0.25, -0.2) is 13.6 Å². The Balaban J connectivity index is 1.73. The van der Waals surface area contributed by atoms with Crippen molar-refractivity contribution in [2.75, 3.05) is 25.1 Å². The van der Waals surface area contributed by atoms with Gasteiger partial charge in [0.1, 0.15) is 10.6 Å². The molecular weight excluding hydrogens is 392 g/mol. The van der Waals surface area contributed by atoms with Crippen molar-refractivity contribution in [3.8, 4) is 5.75 Å². The number of nitrogens with one attached hydrogen (secondary N) is 1. The fourth-order valence-electron chi connectivity index (χ4n) is 2.54. The van der Waals surface area contributed by atoms with E-state index in [0.29, 0.717) is 36.1 Å². The maximum Gasteiger partial charge on any atom is 0.241 e. The van der Waals surface area contributed by atoms with Gasteiger partial charge in [0, 0.05) is 16.6 Å². The Bertz CT molecular complexity index is 945. The number of ether oxygens (including phenoxy) is 2. The summed E-state index contributed by atoms with van der Waals surface area (Å²) in [6, 6.07) is 11.3. The van der Waals surface area contributed by atoms with E-state index in [0.717, 1.165) is 0 Å². The Kier molecular flexibility index (Phi) is 6.01. The summed E-state index contributed by atoms with van der Waals surface area (Å²) in [5, 5.41) is 8.43. The van der Waals surface area contributed by atoms with Crippen LogP contribution in [0, 0.1) is 5.92 Å². The highest BCUT2D eigenvalue weighted by Crippen LogP contribution is 2.28. The van der Waals surface area contributed by atoms with Crippen molar-refractivity contribution in [2.24, 2.45) is 11.1 Å². The van der Waals surface area contributed by atoms with E-state index in [4.69, 9.17) is 26.2 Å². The molecule has 0 bridgehead atoms. The summed E-state index contributed by atoms with van der Waals surface area (Å²) in [7, 11) is -4.02. The molecule has 3 N–H and O–H groups in total. The smallest absolute Gasteiger partial charge is 0.241 e. The first kappa shape index (κ1) is 19.6. The largest absolute Gasteiger partial charge is 0.492 e. The number of sulfonamides is 1. The number of hydrogen-bond acceptors (Lipinski definition) is 5. The molecule has 1 amide bonds. The minimum Gasteiger partial charge on any atom is -0.492 e. The van der Waals surface area contributed by atoms with E-state index in [1.807, 2.05) is 0 Å². The highest BCUT2D eigenvalue weighted by atomic mass is 35.5. The first-order valence-electron chi connectivity index (χ1n) is 8.23. The summed E-state index contributed by atoms with van der Waals surface area (Å²) < 4.78 is 34.4. The standard InChI is InChI=1S/C18H19ClN2O5S/c19-15-4-2-1-3-13(15)7-18(22)21-14-5-6-16(17(8-14)27(20,23)24)26-11-12-9-25-10-12/h1-6,8,12H,7,9-11H2,(H,21,22)(H2,20,23,24). The molecule has 0 unspecified atom stereocenters. The first-order valence-corrected chi connectivity index (χ1v) is 10.2. The summed E-state index contributed by atoms with van der Waals surface area (Å²) in [6.07, 6.45) is 0.0598. The molecule has 0 spiro atoms. The topological polar surface area (TPSA) is 108 Å². The molecule has 3 rings (SSSR count). The van der Waals surface area contributed by atoms with E-state index in [2.05, 4.69) is 5.32 Å². The predicted molar refractivity (Wildman–Crippen MR) is 101 cm³/mol. The highest BCUT2D eigenvalue weighted by Gasteiger charge is 2.22. The number of benzene rings is 2. The van der Waals surface area contributed by atoms with Crippen LogP contribution in [-0.2, 0) is 26.0 Å². The molecule has 27 heavy (non-hydrogen) atoms. The SMILES string of the molecule is NS(=O)(=O)c1cc(NC(=O)Cc2ccccc2Cl)ccc1OCC1COC1. The number of amides is 1. The van der Waals surface area contributed by atoms with Crippen LogP contribution in [0.3, 0.4) is 0 Å². The van der Waals surface area contributed by atoms with Crippen LogP contribution in [0.5, 0.6) is 5.75 Å². The van der Waals surface area contributed by atoms with Gasteiger partial charge in [0.25, 0.3) is 0 Å². The average molecular weight is 411 g/mol. The number of halogens is 1. The van der Waals surface area contributed by atoms with Crippen molar-refractivity contribution >= 4 is 33.2 Å². The van der Waals surface area contributed by atoms with Crippen molar-refractivity contribution in [3.63, 3.8) is 0 Å². The van der Waals surface area contributed by atoms with Crippen molar-refractivity contribution < 1.29 is 22.7 Å². The van der Waals surface area contributed by atoms with Crippen molar-refractivity contribution in [1.82, 2.24) is 0 Å². The lowest BCUT2D eigenvalue weighted by molar-refractivity contribution is -0.115. The van der Waals surface area contributed by atoms with E-state index >= 15 is 0 Å². The van der Waals surface area contributed by atoms with E-state index in [1.165, 1.54) is 12.1 Å². The predicted octanol–water partition coefficient (Wildman–Crippen LogP) is 2.19. The maximum atomic E-state index is 12.2. The lowest BCUT2D eigenvalue weighted by Crippen LogP contribution is -2.32. The second kappa shape index (κ2) is 8.26. The van der Waals surface area contributed by atoms with E-state index in [-0.39, 0.29) is 28.9 Å². The van der Waals surface area contributed by atoms with Crippen molar-refractivity contribution in [2.45, 2.75) is 11.3 Å². The van der Waals surface area contributed by atoms with Crippen LogP contribution < -0.4 is 15.2 Å². The van der Waals surface area contributed by atoms with Gasteiger partial charge in [-0.05, 0) is 29.8 Å². The molecule has 144 valence electrons. The van der Waals surface area contributed by atoms with E-state index in [1.54, 1.807) is 30.3 Å². The fraction of sp³-hybridized carbons (Fsp3) is 0.278. The van der Waals surface area contributed by atoms with Crippen LogP contribution >= 0.6 is 11.6 Å². The maximum absolute atomic E-state index is 12.2. The molecule has 2 aromatic carbocycles. The summed E-state index contributed by atoms with van der Waals surface area (Å²) in [6.45, 7) is 1.50. The van der Waals surface area contributed by atoms with Crippen LogP contribution in [0.4, 0.5) is 5.69 Å². The highest BCUT2D eigenvalue weighted by molar-refractivity contribution is 7.89. The zero-order chi connectivity index (χ0) is 19.4. The average Bonchev–Trinajstić information content (AvgIpc) is 2.55. The van der Waals surface area contributed by atoms with Gasteiger partial charge in [0.15, 0.2) is 0 Å². The third-order valence-electron chi connectivity index (χ3n) is 4.02. The summed E-state index contributed by atoms with van der Waals surface area (Å²) in [5.41, 5.74) is 0.974. The molecule has 0 atom stereocenters. The zero-order valence-electron chi connectivity index (χ0n) is 14.4. The van der Waals surface area contributed by atoms with E-state index < -0.39 is 10.0 Å². The molecule has 1 aliphatic heterocycles. The number of carbonyl (C=O) groups is 1. The first-order chi connectivity index (χ1) is 12.8. The molecule has 1 fully saturated rings. The molecule has 2 aromatic rings. The Hall–Kier alpha value is -2.13. The third-order valence-corrected chi connectivity index (χ3v) is 5.33. The van der Waals surface area contributed by atoms with Gasteiger partial charge in [-0.15, -0.1) is 0 Å². The van der Waals surface area contributed by atoms with Gasteiger partial charge in [-0.3, -0.25) is 4.79 Å². The molecule has 9 heteroatoms. The van der Waals surface area contributed by atoms with Crippen LogP contribution in [0.2, 0.25) is 5.02 Å². The lowest BCUT2D eigenvalue weighted by atomic mass is 10.1. The Morgan fingerprint density at radius 3 is 2.63 bits per heavy atom. The number of hydrogen-bond donors (Lipinski definition) is 2. The minimum atomic E-state index is -4.02. The minimum absolute atomic E-state index is 0.0598. The summed E-state index contributed by atoms with van der Waals surface area (Å²) >= 11 is 6.05. The zero-order valence-corrected chi connectivity index (χ0v) is 15.9. The van der Waals surface area contributed by atoms with E-state index in [9.17, 15) is 13.2 Å². The second-order valence-corrected chi connectivity index (χ2v) is 8.17. The Morgan fingerprint density at radius 1 is 1.26 bits per heavy atom. The fourth-order valence-corrected chi connectivity index (χ4v) is 3.44. The van der Waals surface area contributed by atoms with Crippen LogP contribution in [0.15, 0.2) is 47.4 Å². The number of rotatable bonds is 7. The monoisotopic (exact) mass is 410 g/mol. The van der Waals surface area contributed by atoms with Crippen LogP contribution in [0.25, 0.3) is 0 Å². The van der Waals surface area contributed by atoms with Crippen LogP contribution in [0.1, 0.15) is 5.56 Å². The second-order valence-electron chi connectivity index (χ2n) is 6.24. The number of nitrogens with two attached hydrogens (primary N) is 1. The molecule has 1 aliphatic rings.